The molecule has 1 heterocycles. The highest BCUT2D eigenvalue weighted by Gasteiger charge is 2.26. The number of thioether (sulfide) groups is 1. The summed E-state index contributed by atoms with van der Waals surface area (Å²) < 4.78 is 27.2. The van der Waals surface area contributed by atoms with Crippen LogP contribution in [0.5, 0.6) is 0 Å². The molecule has 1 aliphatic heterocycles. The Kier molecular flexibility index (Phi) is 5.96. The Balaban J connectivity index is 1.97. The maximum Gasteiger partial charge on any atom is 0.151 e. The molecular weight excluding hydrogens is 234 g/mol. The van der Waals surface area contributed by atoms with Crippen LogP contribution in [-0.4, -0.2) is 57.7 Å². The van der Waals surface area contributed by atoms with Crippen molar-refractivity contribution in [2.24, 2.45) is 0 Å². The normalized spacial score (nSPS) is 24.5. The lowest BCUT2D eigenvalue weighted by Crippen LogP contribution is -2.31. The number of nitrogens with one attached hydrogen (secondary N) is 1. The Morgan fingerprint density at radius 2 is 2.27 bits per heavy atom. The fraction of sp³-hybridized carbons (Fsp3) is 1.00. The molecule has 1 unspecified atom stereocenters. The van der Waals surface area contributed by atoms with Gasteiger partial charge in [0.05, 0.1) is 18.1 Å². The lowest BCUT2D eigenvalue weighted by atomic mass is 10.3. The zero-order valence-electron chi connectivity index (χ0n) is 9.07. The number of rotatable bonds is 7. The van der Waals surface area contributed by atoms with Gasteiger partial charge >= 0.3 is 0 Å². The minimum Gasteiger partial charge on any atom is -0.384 e. The third kappa shape index (κ3) is 5.75. The molecule has 0 radical (unpaired) electrons. The topological polar surface area (TPSA) is 55.4 Å². The number of sulfone groups is 1. The van der Waals surface area contributed by atoms with Crippen LogP contribution in [0, 0.1) is 0 Å². The van der Waals surface area contributed by atoms with Crippen molar-refractivity contribution < 1.29 is 13.2 Å². The molecule has 6 heteroatoms. The van der Waals surface area contributed by atoms with Gasteiger partial charge in [0.25, 0.3) is 0 Å². The maximum atomic E-state index is 11.2. The van der Waals surface area contributed by atoms with Gasteiger partial charge in [-0.15, -0.1) is 0 Å². The van der Waals surface area contributed by atoms with Crippen LogP contribution in [-0.2, 0) is 14.6 Å². The monoisotopic (exact) mass is 253 g/mol. The minimum atomic E-state index is -2.74. The predicted molar refractivity (Wildman–Crippen MR) is 64.3 cm³/mol. The molecule has 1 N–H and O–H groups in total. The predicted octanol–water partition coefficient (Wildman–Crippen LogP) is 0.143. The highest BCUT2D eigenvalue weighted by atomic mass is 32.2. The fourth-order valence-electron chi connectivity index (χ4n) is 1.54. The van der Waals surface area contributed by atoms with Crippen LogP contribution >= 0.6 is 11.8 Å². The smallest absolute Gasteiger partial charge is 0.151 e. The molecule has 1 aliphatic rings. The molecule has 1 fully saturated rings. The summed E-state index contributed by atoms with van der Waals surface area (Å²) in [6.45, 7) is 1.66. The van der Waals surface area contributed by atoms with Crippen LogP contribution in [0.1, 0.15) is 6.42 Å². The zero-order valence-corrected chi connectivity index (χ0v) is 10.7. The van der Waals surface area contributed by atoms with Crippen molar-refractivity contribution in [3.63, 3.8) is 0 Å². The lowest BCUT2D eigenvalue weighted by molar-refractivity contribution is 0.218. The van der Waals surface area contributed by atoms with E-state index in [9.17, 15) is 8.42 Å². The van der Waals surface area contributed by atoms with E-state index in [2.05, 4.69) is 5.32 Å². The Hall–Kier alpha value is 0.220. The van der Waals surface area contributed by atoms with Crippen molar-refractivity contribution in [3.8, 4) is 0 Å². The minimum absolute atomic E-state index is 0.179. The summed E-state index contributed by atoms with van der Waals surface area (Å²) in [4.78, 5) is 0. The van der Waals surface area contributed by atoms with Crippen molar-refractivity contribution in [1.29, 1.82) is 0 Å². The van der Waals surface area contributed by atoms with Gasteiger partial charge < -0.3 is 10.1 Å². The Bertz CT molecular complexity index is 267. The second-order valence-electron chi connectivity index (χ2n) is 3.66. The summed E-state index contributed by atoms with van der Waals surface area (Å²) >= 11 is 1.82. The van der Waals surface area contributed by atoms with Crippen molar-refractivity contribution in [2.45, 2.75) is 12.5 Å². The summed E-state index contributed by atoms with van der Waals surface area (Å²) in [5.41, 5.74) is 0. The van der Waals surface area contributed by atoms with Crippen molar-refractivity contribution >= 4 is 21.6 Å². The van der Waals surface area contributed by atoms with Gasteiger partial charge in [0.15, 0.2) is 9.84 Å². The first kappa shape index (κ1) is 13.3. The van der Waals surface area contributed by atoms with E-state index >= 15 is 0 Å². The highest BCUT2D eigenvalue weighted by Crippen LogP contribution is 2.11. The van der Waals surface area contributed by atoms with Gasteiger partial charge in [0.1, 0.15) is 0 Å². The molecule has 90 valence electrons. The average molecular weight is 253 g/mol. The zero-order chi connectivity index (χ0) is 11.1. The average Bonchev–Trinajstić information content (AvgIpc) is 2.52. The van der Waals surface area contributed by atoms with Crippen LogP contribution < -0.4 is 5.32 Å². The Labute approximate surface area is 96.1 Å². The van der Waals surface area contributed by atoms with E-state index < -0.39 is 9.84 Å². The molecule has 0 spiro atoms. The first-order valence-electron chi connectivity index (χ1n) is 5.14. The van der Waals surface area contributed by atoms with E-state index in [-0.39, 0.29) is 6.04 Å². The van der Waals surface area contributed by atoms with Gasteiger partial charge in [-0.05, 0) is 6.42 Å². The van der Waals surface area contributed by atoms with Crippen molar-refractivity contribution in [3.05, 3.63) is 0 Å². The van der Waals surface area contributed by atoms with Crippen LogP contribution in [0.25, 0.3) is 0 Å². The van der Waals surface area contributed by atoms with E-state index in [0.29, 0.717) is 11.5 Å². The van der Waals surface area contributed by atoms with Gasteiger partial charge in [-0.2, -0.15) is 11.8 Å². The highest BCUT2D eigenvalue weighted by molar-refractivity contribution is 7.99. The molecule has 1 rings (SSSR count). The van der Waals surface area contributed by atoms with Crippen LogP contribution in [0.2, 0.25) is 0 Å². The van der Waals surface area contributed by atoms with E-state index in [1.54, 1.807) is 7.11 Å². The second kappa shape index (κ2) is 6.73. The van der Waals surface area contributed by atoms with E-state index in [1.807, 2.05) is 11.8 Å². The maximum absolute atomic E-state index is 11.2. The number of hydrogen-bond acceptors (Lipinski definition) is 5. The first-order chi connectivity index (χ1) is 7.14. The van der Waals surface area contributed by atoms with Gasteiger partial charge in [0.2, 0.25) is 0 Å². The van der Waals surface area contributed by atoms with Gasteiger partial charge in [-0.3, -0.25) is 0 Å². The molecular formula is C9H19NO3S2. The van der Waals surface area contributed by atoms with Crippen LogP contribution in [0.15, 0.2) is 0 Å². The third-order valence-corrected chi connectivity index (χ3v) is 5.06. The lowest BCUT2D eigenvalue weighted by Gasteiger charge is -2.09. The summed E-state index contributed by atoms with van der Waals surface area (Å²) in [7, 11) is -1.04. The SMILES string of the molecule is COCCSCCNC1CCS(=O)(=O)C1. The first-order valence-corrected chi connectivity index (χ1v) is 8.12. The number of ether oxygens (including phenoxy) is 1. The van der Waals surface area contributed by atoms with E-state index in [0.717, 1.165) is 31.1 Å². The second-order valence-corrected chi connectivity index (χ2v) is 7.11. The molecule has 0 saturated carbocycles. The molecule has 15 heavy (non-hydrogen) atoms. The van der Waals surface area contributed by atoms with E-state index in [4.69, 9.17) is 4.74 Å². The molecule has 0 bridgehead atoms. The van der Waals surface area contributed by atoms with Crippen LogP contribution in [0.3, 0.4) is 0 Å². The standard InChI is InChI=1S/C9H19NO3S2/c1-13-4-6-14-5-3-10-9-2-7-15(11,12)8-9/h9-10H,2-8H2,1H3. The summed E-state index contributed by atoms with van der Waals surface area (Å²) in [5, 5.41) is 3.27. The number of methoxy groups -OCH3 is 1. The summed E-state index contributed by atoms with van der Waals surface area (Å²) in [6, 6.07) is 0.179. The quantitative estimate of drug-likeness (QED) is 0.654. The molecule has 0 amide bonds. The number of hydrogen-bond donors (Lipinski definition) is 1. The van der Waals surface area contributed by atoms with Crippen LogP contribution in [0.4, 0.5) is 0 Å². The molecule has 0 aromatic rings. The molecule has 0 aromatic heterocycles. The Morgan fingerprint density at radius 3 is 2.87 bits per heavy atom. The van der Waals surface area contributed by atoms with Gasteiger partial charge in [-0.1, -0.05) is 0 Å². The molecule has 4 nitrogen and oxygen atoms in total. The largest absolute Gasteiger partial charge is 0.384 e. The molecule has 1 saturated heterocycles. The molecule has 0 aromatic carbocycles. The third-order valence-electron chi connectivity index (χ3n) is 2.34. The van der Waals surface area contributed by atoms with Gasteiger partial charge in [-0.25, -0.2) is 8.42 Å². The molecule has 1 atom stereocenters. The van der Waals surface area contributed by atoms with E-state index in [1.165, 1.54) is 0 Å². The summed E-state index contributed by atoms with van der Waals surface area (Å²) in [5.74, 6) is 2.68. The van der Waals surface area contributed by atoms with Crippen molar-refractivity contribution in [2.75, 3.05) is 43.3 Å². The Morgan fingerprint density at radius 1 is 1.47 bits per heavy atom. The molecule has 0 aliphatic carbocycles. The summed E-state index contributed by atoms with van der Waals surface area (Å²) in [6.07, 6.45) is 0.769. The fourth-order valence-corrected chi connectivity index (χ4v) is 3.99. The van der Waals surface area contributed by atoms with Gasteiger partial charge in [0, 0.05) is 31.2 Å². The van der Waals surface area contributed by atoms with Crippen molar-refractivity contribution in [1.82, 2.24) is 5.32 Å².